The molecule has 1 atom stereocenters. The van der Waals surface area contributed by atoms with Gasteiger partial charge in [-0.1, -0.05) is 12.1 Å². The van der Waals surface area contributed by atoms with E-state index >= 15 is 0 Å². The van der Waals surface area contributed by atoms with Gasteiger partial charge in [0.2, 0.25) is 0 Å². The zero-order valence-corrected chi connectivity index (χ0v) is 13.4. The fourth-order valence-electron chi connectivity index (χ4n) is 1.79. The van der Waals surface area contributed by atoms with Crippen molar-refractivity contribution in [3.05, 3.63) is 23.8 Å². The smallest absolute Gasteiger partial charge is 0.261 e. The first kappa shape index (κ1) is 17.3. The van der Waals surface area contributed by atoms with Gasteiger partial charge in [0.15, 0.2) is 17.6 Å². The molecule has 0 saturated carbocycles. The average molecular weight is 295 g/mol. The summed E-state index contributed by atoms with van der Waals surface area (Å²) in [5, 5.41) is 12.3. The van der Waals surface area contributed by atoms with Crippen molar-refractivity contribution >= 4 is 5.91 Å². The lowest BCUT2D eigenvalue weighted by Gasteiger charge is -2.24. The van der Waals surface area contributed by atoms with Crippen LogP contribution in [0.2, 0.25) is 0 Å². The topological polar surface area (TPSA) is 67.8 Å². The summed E-state index contributed by atoms with van der Waals surface area (Å²) in [6.45, 7) is 9.56. The van der Waals surface area contributed by atoms with Crippen molar-refractivity contribution in [2.75, 3.05) is 6.61 Å². The van der Waals surface area contributed by atoms with Gasteiger partial charge in [-0.2, -0.15) is 0 Å². The van der Waals surface area contributed by atoms with Crippen molar-refractivity contribution in [1.29, 1.82) is 0 Å². The van der Waals surface area contributed by atoms with Gasteiger partial charge in [0.05, 0.1) is 13.2 Å². The van der Waals surface area contributed by atoms with Crippen molar-refractivity contribution in [2.24, 2.45) is 0 Å². The Morgan fingerprint density at radius 2 is 2.05 bits per heavy atom. The summed E-state index contributed by atoms with van der Waals surface area (Å²) in [5.41, 5.74) is 0.268. The first-order valence-electron chi connectivity index (χ1n) is 7.12. The Morgan fingerprint density at radius 3 is 2.57 bits per heavy atom. The molecule has 118 valence electrons. The van der Waals surface area contributed by atoms with Crippen LogP contribution in [0, 0.1) is 0 Å². The van der Waals surface area contributed by atoms with Crippen molar-refractivity contribution in [3.8, 4) is 11.5 Å². The number of amides is 1. The second kappa shape index (κ2) is 7.31. The summed E-state index contributed by atoms with van der Waals surface area (Å²) in [6, 6.07) is 5.28. The van der Waals surface area contributed by atoms with E-state index in [-0.39, 0.29) is 18.1 Å². The number of nitrogens with one attached hydrogen (secondary N) is 1. The minimum Gasteiger partial charge on any atom is -0.490 e. The largest absolute Gasteiger partial charge is 0.490 e. The van der Waals surface area contributed by atoms with E-state index in [1.54, 1.807) is 25.1 Å². The van der Waals surface area contributed by atoms with Gasteiger partial charge < -0.3 is 19.9 Å². The zero-order chi connectivity index (χ0) is 16.0. The predicted octanol–water partition coefficient (Wildman–Crippen LogP) is 2.26. The molecule has 1 aromatic carbocycles. The van der Waals surface area contributed by atoms with Crippen molar-refractivity contribution < 1.29 is 19.4 Å². The molecule has 1 aromatic rings. The van der Waals surface area contributed by atoms with Crippen LogP contribution in [0.1, 0.15) is 40.2 Å². The molecule has 0 aliphatic carbocycles. The van der Waals surface area contributed by atoms with Crippen LogP contribution in [0.4, 0.5) is 0 Å². The number of rotatable bonds is 6. The number of hydrogen-bond donors (Lipinski definition) is 2. The lowest BCUT2D eigenvalue weighted by Crippen LogP contribution is -2.46. The maximum absolute atomic E-state index is 12.1. The molecule has 0 fully saturated rings. The minimum atomic E-state index is -0.684. The van der Waals surface area contributed by atoms with Crippen LogP contribution in [-0.2, 0) is 11.4 Å². The Labute approximate surface area is 126 Å². The predicted molar refractivity (Wildman–Crippen MR) is 81.5 cm³/mol. The molecule has 5 heteroatoms. The number of para-hydroxylation sites is 1. The second-order valence-electron chi connectivity index (χ2n) is 5.83. The SMILES string of the molecule is CCOc1cccc(CO)c1OC(C)C(=O)NC(C)(C)C. The second-order valence-corrected chi connectivity index (χ2v) is 5.83. The molecule has 0 saturated heterocycles. The highest BCUT2D eigenvalue weighted by atomic mass is 16.5. The van der Waals surface area contributed by atoms with Crippen LogP contribution < -0.4 is 14.8 Å². The van der Waals surface area contributed by atoms with E-state index in [1.807, 2.05) is 27.7 Å². The molecule has 0 bridgehead atoms. The molecule has 1 unspecified atom stereocenters. The van der Waals surface area contributed by atoms with Gasteiger partial charge >= 0.3 is 0 Å². The average Bonchev–Trinajstić information content (AvgIpc) is 2.38. The summed E-state index contributed by atoms with van der Waals surface area (Å²) in [5.74, 6) is 0.732. The fourth-order valence-corrected chi connectivity index (χ4v) is 1.79. The van der Waals surface area contributed by atoms with Gasteiger partial charge in [-0.15, -0.1) is 0 Å². The highest BCUT2D eigenvalue weighted by Crippen LogP contribution is 2.32. The molecular formula is C16H25NO4. The van der Waals surface area contributed by atoms with Gasteiger partial charge in [-0.05, 0) is 40.7 Å². The van der Waals surface area contributed by atoms with Crippen LogP contribution in [0.25, 0.3) is 0 Å². The number of aliphatic hydroxyl groups is 1. The molecule has 0 radical (unpaired) electrons. The standard InChI is InChI=1S/C16H25NO4/c1-6-20-13-9-7-8-12(10-18)14(13)21-11(2)15(19)17-16(3,4)5/h7-9,11,18H,6,10H2,1-5H3,(H,17,19). The molecule has 0 heterocycles. The van der Waals surface area contributed by atoms with E-state index in [1.165, 1.54) is 0 Å². The number of aliphatic hydroxyl groups excluding tert-OH is 1. The van der Waals surface area contributed by atoms with E-state index in [2.05, 4.69) is 5.32 Å². The summed E-state index contributed by atoms with van der Waals surface area (Å²) in [6.07, 6.45) is -0.684. The van der Waals surface area contributed by atoms with E-state index < -0.39 is 6.10 Å². The lowest BCUT2D eigenvalue weighted by atomic mass is 10.1. The third-order valence-corrected chi connectivity index (χ3v) is 2.69. The molecule has 0 spiro atoms. The van der Waals surface area contributed by atoms with E-state index in [9.17, 15) is 9.90 Å². The van der Waals surface area contributed by atoms with Crippen LogP contribution in [0.3, 0.4) is 0 Å². The summed E-state index contributed by atoms with van der Waals surface area (Å²) in [7, 11) is 0. The lowest BCUT2D eigenvalue weighted by molar-refractivity contribution is -0.128. The minimum absolute atomic E-state index is 0.177. The van der Waals surface area contributed by atoms with E-state index in [0.717, 1.165) is 0 Å². The van der Waals surface area contributed by atoms with Crippen molar-refractivity contribution in [1.82, 2.24) is 5.32 Å². The van der Waals surface area contributed by atoms with Gasteiger partial charge in [0, 0.05) is 11.1 Å². The van der Waals surface area contributed by atoms with Crippen LogP contribution >= 0.6 is 0 Å². The Bertz CT molecular complexity index is 480. The molecule has 1 rings (SSSR count). The van der Waals surface area contributed by atoms with Crippen LogP contribution in [0.15, 0.2) is 18.2 Å². The molecule has 0 aromatic heterocycles. The first-order valence-corrected chi connectivity index (χ1v) is 7.12. The molecule has 0 aliphatic rings. The van der Waals surface area contributed by atoms with E-state index in [0.29, 0.717) is 23.7 Å². The molecule has 5 nitrogen and oxygen atoms in total. The third-order valence-electron chi connectivity index (χ3n) is 2.69. The quantitative estimate of drug-likeness (QED) is 0.844. The number of hydrogen-bond acceptors (Lipinski definition) is 4. The fraction of sp³-hybridized carbons (Fsp3) is 0.562. The molecule has 1 amide bonds. The highest BCUT2D eigenvalue weighted by molar-refractivity contribution is 5.81. The number of ether oxygens (including phenoxy) is 2. The third kappa shape index (κ3) is 5.27. The molecule has 21 heavy (non-hydrogen) atoms. The zero-order valence-electron chi connectivity index (χ0n) is 13.4. The van der Waals surface area contributed by atoms with Crippen molar-refractivity contribution in [3.63, 3.8) is 0 Å². The van der Waals surface area contributed by atoms with Gasteiger partial charge in [-0.3, -0.25) is 4.79 Å². The van der Waals surface area contributed by atoms with Gasteiger partial charge in [-0.25, -0.2) is 0 Å². The Morgan fingerprint density at radius 1 is 1.38 bits per heavy atom. The molecule has 2 N–H and O–H groups in total. The monoisotopic (exact) mass is 295 g/mol. The Hall–Kier alpha value is -1.75. The number of carbonyl (C=O) groups is 1. The summed E-state index contributed by atoms with van der Waals surface area (Å²) in [4.78, 5) is 12.1. The maximum atomic E-state index is 12.1. The van der Waals surface area contributed by atoms with Crippen molar-refractivity contribution in [2.45, 2.75) is 52.9 Å². The van der Waals surface area contributed by atoms with E-state index in [4.69, 9.17) is 9.47 Å². The summed E-state index contributed by atoms with van der Waals surface area (Å²) < 4.78 is 11.2. The van der Waals surface area contributed by atoms with Gasteiger partial charge in [0.1, 0.15) is 0 Å². The Balaban J connectivity index is 2.92. The molecule has 0 aliphatic heterocycles. The van der Waals surface area contributed by atoms with Crippen LogP contribution in [0.5, 0.6) is 11.5 Å². The summed E-state index contributed by atoms with van der Waals surface area (Å²) >= 11 is 0. The molecular weight excluding hydrogens is 270 g/mol. The van der Waals surface area contributed by atoms with Gasteiger partial charge in [0.25, 0.3) is 5.91 Å². The first-order chi connectivity index (χ1) is 9.78. The Kier molecular flexibility index (Phi) is 6.03. The van der Waals surface area contributed by atoms with Crippen LogP contribution in [-0.4, -0.2) is 29.3 Å². The normalized spacial score (nSPS) is 12.7. The maximum Gasteiger partial charge on any atom is 0.261 e. The number of benzene rings is 1. The highest BCUT2D eigenvalue weighted by Gasteiger charge is 2.22. The number of carbonyl (C=O) groups excluding carboxylic acids is 1.